The maximum Gasteiger partial charge on any atom is 0.338 e. The molecule has 1 saturated heterocycles. The van der Waals surface area contributed by atoms with E-state index < -0.39 is 23.8 Å². The van der Waals surface area contributed by atoms with Crippen LogP contribution in [0.15, 0.2) is 24.3 Å². The molecule has 0 amide bonds. The standard InChI is InChI=1S/C13H15FO3/c1-13(2,3)17-12(15)11-10(16-11)8-6-4-5-7-9(8)14/h4-7,10-11H,1-3H3/t10-,11-/m0/s1. The van der Waals surface area contributed by atoms with Crippen LogP contribution in [0.3, 0.4) is 0 Å². The first-order chi connectivity index (χ1) is 7.88. The van der Waals surface area contributed by atoms with Crippen molar-refractivity contribution in [3.05, 3.63) is 35.6 Å². The number of hydrogen-bond acceptors (Lipinski definition) is 3. The Morgan fingerprint density at radius 3 is 2.59 bits per heavy atom. The zero-order valence-corrected chi connectivity index (χ0v) is 10.1. The summed E-state index contributed by atoms with van der Waals surface area (Å²) < 4.78 is 23.8. The summed E-state index contributed by atoms with van der Waals surface area (Å²) in [6.07, 6.45) is -1.18. The van der Waals surface area contributed by atoms with Crippen LogP contribution in [0.2, 0.25) is 0 Å². The predicted molar refractivity (Wildman–Crippen MR) is 59.9 cm³/mol. The summed E-state index contributed by atoms with van der Waals surface area (Å²) in [6.45, 7) is 5.35. The van der Waals surface area contributed by atoms with Crippen LogP contribution in [0, 0.1) is 5.82 Å². The van der Waals surface area contributed by atoms with Gasteiger partial charge in [-0.25, -0.2) is 9.18 Å². The molecule has 0 saturated carbocycles. The van der Waals surface area contributed by atoms with E-state index in [1.807, 2.05) is 0 Å². The van der Waals surface area contributed by atoms with Gasteiger partial charge in [-0.2, -0.15) is 0 Å². The summed E-state index contributed by atoms with van der Waals surface area (Å²) in [5.41, 5.74) is -0.147. The first kappa shape index (κ1) is 12.0. The molecule has 2 atom stereocenters. The molecule has 0 unspecified atom stereocenters. The molecule has 2 rings (SSSR count). The Morgan fingerprint density at radius 2 is 2.00 bits per heavy atom. The fourth-order valence-corrected chi connectivity index (χ4v) is 1.59. The Hall–Kier alpha value is -1.42. The van der Waals surface area contributed by atoms with Crippen LogP contribution < -0.4 is 0 Å². The van der Waals surface area contributed by atoms with Crippen LogP contribution in [0.4, 0.5) is 4.39 Å². The van der Waals surface area contributed by atoms with Crippen molar-refractivity contribution >= 4 is 5.97 Å². The van der Waals surface area contributed by atoms with Gasteiger partial charge in [-0.05, 0) is 26.8 Å². The third-order valence-electron chi connectivity index (χ3n) is 2.34. The Morgan fingerprint density at radius 1 is 1.35 bits per heavy atom. The van der Waals surface area contributed by atoms with Crippen molar-refractivity contribution in [3.8, 4) is 0 Å². The normalized spacial score (nSPS) is 23.3. The number of carbonyl (C=O) groups excluding carboxylic acids is 1. The Balaban J connectivity index is 2.02. The van der Waals surface area contributed by atoms with Crippen LogP contribution in [0.1, 0.15) is 32.4 Å². The minimum Gasteiger partial charge on any atom is -0.458 e. The second-order valence-corrected chi connectivity index (χ2v) is 5.03. The van der Waals surface area contributed by atoms with Gasteiger partial charge in [0.1, 0.15) is 17.5 Å². The van der Waals surface area contributed by atoms with Crippen molar-refractivity contribution in [2.45, 2.75) is 38.6 Å². The molecule has 17 heavy (non-hydrogen) atoms. The second kappa shape index (κ2) is 4.11. The summed E-state index contributed by atoms with van der Waals surface area (Å²) in [4.78, 5) is 11.6. The minimum atomic E-state index is -0.675. The lowest BCUT2D eigenvalue weighted by molar-refractivity contribution is -0.156. The number of benzene rings is 1. The fourth-order valence-electron chi connectivity index (χ4n) is 1.59. The highest BCUT2D eigenvalue weighted by atomic mass is 19.1. The van der Waals surface area contributed by atoms with Gasteiger partial charge in [0.2, 0.25) is 0 Å². The molecule has 3 nitrogen and oxygen atoms in total. The van der Waals surface area contributed by atoms with Crippen molar-refractivity contribution in [1.82, 2.24) is 0 Å². The number of hydrogen-bond donors (Lipinski definition) is 0. The van der Waals surface area contributed by atoms with E-state index in [-0.39, 0.29) is 5.82 Å². The van der Waals surface area contributed by atoms with Gasteiger partial charge in [0.15, 0.2) is 6.10 Å². The first-order valence-electron chi connectivity index (χ1n) is 5.51. The average Bonchev–Trinajstić information content (AvgIpc) is 2.95. The summed E-state index contributed by atoms with van der Waals surface area (Å²) in [5.74, 6) is -0.797. The highest BCUT2D eigenvalue weighted by Gasteiger charge is 2.49. The van der Waals surface area contributed by atoms with Gasteiger partial charge >= 0.3 is 5.97 Å². The molecule has 1 aromatic rings. The number of ether oxygens (including phenoxy) is 2. The van der Waals surface area contributed by atoms with Gasteiger partial charge in [-0.1, -0.05) is 18.2 Å². The molecule has 0 radical (unpaired) electrons. The molecule has 0 aromatic heterocycles. The third-order valence-corrected chi connectivity index (χ3v) is 2.34. The van der Waals surface area contributed by atoms with Gasteiger partial charge in [-0.3, -0.25) is 0 Å². The molecule has 1 heterocycles. The smallest absolute Gasteiger partial charge is 0.338 e. The number of epoxide rings is 1. The van der Waals surface area contributed by atoms with Crippen LogP contribution in [0.25, 0.3) is 0 Å². The maximum absolute atomic E-state index is 13.4. The minimum absolute atomic E-state index is 0.358. The van der Waals surface area contributed by atoms with E-state index in [0.717, 1.165) is 0 Å². The van der Waals surface area contributed by atoms with E-state index in [0.29, 0.717) is 5.56 Å². The molecule has 1 fully saturated rings. The summed E-state index contributed by atoms with van der Waals surface area (Å²) >= 11 is 0. The van der Waals surface area contributed by atoms with Crippen molar-refractivity contribution in [3.63, 3.8) is 0 Å². The third kappa shape index (κ3) is 2.82. The zero-order valence-electron chi connectivity index (χ0n) is 10.1. The monoisotopic (exact) mass is 238 g/mol. The van der Waals surface area contributed by atoms with Gasteiger partial charge < -0.3 is 9.47 Å². The quantitative estimate of drug-likeness (QED) is 0.587. The molecule has 0 spiro atoms. The van der Waals surface area contributed by atoms with Crippen LogP contribution >= 0.6 is 0 Å². The summed E-state index contributed by atoms with van der Waals surface area (Å²) in [6, 6.07) is 6.28. The van der Waals surface area contributed by atoms with E-state index in [1.54, 1.807) is 39.0 Å². The molecule has 4 heteroatoms. The number of esters is 1. The van der Waals surface area contributed by atoms with Crippen molar-refractivity contribution < 1.29 is 18.7 Å². The number of carbonyl (C=O) groups is 1. The van der Waals surface area contributed by atoms with Crippen molar-refractivity contribution in [1.29, 1.82) is 0 Å². The van der Waals surface area contributed by atoms with Crippen molar-refractivity contribution in [2.24, 2.45) is 0 Å². The second-order valence-electron chi connectivity index (χ2n) is 5.03. The highest BCUT2D eigenvalue weighted by molar-refractivity contribution is 5.78. The van der Waals surface area contributed by atoms with E-state index >= 15 is 0 Å². The first-order valence-corrected chi connectivity index (χ1v) is 5.51. The molecule has 0 aliphatic carbocycles. The molecule has 0 bridgehead atoms. The zero-order chi connectivity index (χ0) is 12.6. The Kier molecular flexibility index (Phi) is 2.91. The van der Waals surface area contributed by atoms with Crippen molar-refractivity contribution in [2.75, 3.05) is 0 Å². The van der Waals surface area contributed by atoms with E-state index in [1.165, 1.54) is 6.07 Å². The topological polar surface area (TPSA) is 38.8 Å². The lowest BCUT2D eigenvalue weighted by Crippen LogP contribution is -2.26. The molecular weight excluding hydrogens is 223 g/mol. The molecule has 1 aliphatic heterocycles. The van der Waals surface area contributed by atoms with Crippen LogP contribution in [-0.2, 0) is 14.3 Å². The predicted octanol–water partition coefficient (Wildman–Crippen LogP) is 2.61. The summed E-state index contributed by atoms with van der Waals surface area (Å²) in [5, 5.41) is 0. The highest BCUT2D eigenvalue weighted by Crippen LogP contribution is 2.41. The van der Waals surface area contributed by atoms with E-state index in [2.05, 4.69) is 0 Å². The molecule has 0 N–H and O–H groups in total. The van der Waals surface area contributed by atoms with Gasteiger partial charge in [0.05, 0.1) is 0 Å². The lowest BCUT2D eigenvalue weighted by Gasteiger charge is -2.18. The number of halogens is 1. The molecular formula is C13H15FO3. The van der Waals surface area contributed by atoms with Crippen LogP contribution in [0.5, 0.6) is 0 Å². The summed E-state index contributed by atoms with van der Waals surface area (Å²) in [7, 11) is 0. The molecule has 1 aromatic carbocycles. The fraction of sp³-hybridized carbons (Fsp3) is 0.462. The van der Waals surface area contributed by atoms with Crippen LogP contribution in [-0.4, -0.2) is 17.7 Å². The lowest BCUT2D eigenvalue weighted by atomic mass is 10.1. The SMILES string of the molecule is CC(C)(C)OC(=O)[C@H]1O[C@H]1c1ccccc1F. The Labute approximate surface area is 99.5 Å². The van der Waals surface area contributed by atoms with Gasteiger partial charge in [0.25, 0.3) is 0 Å². The van der Waals surface area contributed by atoms with E-state index in [4.69, 9.17) is 9.47 Å². The largest absolute Gasteiger partial charge is 0.458 e. The number of rotatable bonds is 2. The molecule has 1 aliphatic rings. The Bertz CT molecular complexity index is 437. The van der Waals surface area contributed by atoms with Gasteiger partial charge in [-0.15, -0.1) is 0 Å². The molecule has 92 valence electrons. The maximum atomic E-state index is 13.4. The van der Waals surface area contributed by atoms with Gasteiger partial charge in [0, 0.05) is 5.56 Å². The van der Waals surface area contributed by atoms with E-state index in [9.17, 15) is 9.18 Å². The average molecular weight is 238 g/mol.